The van der Waals surface area contributed by atoms with E-state index in [2.05, 4.69) is 16.2 Å². The van der Waals surface area contributed by atoms with Gasteiger partial charge in [-0.2, -0.15) is 0 Å². The molecule has 2 aromatic rings. The molecule has 1 amide bonds. The molecule has 1 aromatic heterocycles. The van der Waals surface area contributed by atoms with Crippen LogP contribution in [0.15, 0.2) is 22.6 Å². The number of nitrogens with one attached hydrogen (secondary N) is 3. The van der Waals surface area contributed by atoms with Gasteiger partial charge in [0.05, 0.1) is 6.61 Å². The number of carbonyl (C=O) groups is 1. The smallest absolute Gasteiger partial charge is 0.305 e. The van der Waals surface area contributed by atoms with Crippen molar-refractivity contribution in [2.75, 3.05) is 6.61 Å². The number of thiocarbonyl (C=S) groups is 1. The number of ether oxygens (including phenoxy) is 1. The van der Waals surface area contributed by atoms with Gasteiger partial charge in [0.25, 0.3) is 0 Å². The van der Waals surface area contributed by atoms with Crippen LogP contribution >= 0.6 is 12.2 Å². The lowest BCUT2D eigenvalue weighted by Gasteiger charge is -2.15. The maximum absolute atomic E-state index is 12.4. The average molecular weight is 361 g/mol. The summed E-state index contributed by atoms with van der Waals surface area (Å²) in [6, 6.07) is 5.91. The fourth-order valence-electron chi connectivity index (χ4n) is 3.13. The number of rotatable bonds is 4. The van der Waals surface area contributed by atoms with Crippen LogP contribution in [0.1, 0.15) is 48.7 Å². The third kappa shape index (κ3) is 4.04. The summed E-state index contributed by atoms with van der Waals surface area (Å²) in [5.41, 5.74) is 6.76. The van der Waals surface area contributed by atoms with Gasteiger partial charge in [0.15, 0.2) is 10.9 Å². The van der Waals surface area contributed by atoms with Crippen molar-refractivity contribution < 1.29 is 13.9 Å². The zero-order chi connectivity index (χ0) is 17.8. The van der Waals surface area contributed by atoms with Gasteiger partial charge in [-0.25, -0.2) is 0 Å². The molecule has 3 rings (SSSR count). The van der Waals surface area contributed by atoms with Crippen LogP contribution in [0.2, 0.25) is 0 Å². The summed E-state index contributed by atoms with van der Waals surface area (Å²) in [5.74, 6) is 0.660. The number of fused-ring (bicyclic) bond motifs is 1. The Labute approximate surface area is 152 Å². The summed E-state index contributed by atoms with van der Waals surface area (Å²) < 4.78 is 11.2. The highest BCUT2D eigenvalue weighted by atomic mass is 32.1. The van der Waals surface area contributed by atoms with Crippen molar-refractivity contribution in [3.63, 3.8) is 0 Å². The van der Waals surface area contributed by atoms with Crippen LogP contribution in [0.3, 0.4) is 0 Å². The van der Waals surface area contributed by atoms with Crippen LogP contribution in [0.5, 0.6) is 5.75 Å². The number of benzene rings is 1. The molecule has 1 aromatic carbocycles. The molecule has 7 heteroatoms. The Morgan fingerprint density at radius 2 is 2.08 bits per heavy atom. The van der Waals surface area contributed by atoms with Gasteiger partial charge in [-0.05, 0) is 57.1 Å². The fourth-order valence-corrected chi connectivity index (χ4v) is 3.35. The van der Waals surface area contributed by atoms with E-state index in [1.165, 1.54) is 12.8 Å². The van der Waals surface area contributed by atoms with E-state index >= 15 is 0 Å². The molecule has 6 nitrogen and oxygen atoms in total. The van der Waals surface area contributed by atoms with Gasteiger partial charge in [0.1, 0.15) is 11.3 Å². The van der Waals surface area contributed by atoms with E-state index in [9.17, 15) is 4.79 Å². The molecular formula is C18H23N3O3S. The van der Waals surface area contributed by atoms with Crippen molar-refractivity contribution in [2.24, 2.45) is 0 Å². The molecule has 0 unspecified atom stereocenters. The molecule has 0 radical (unpaired) electrons. The number of hydrazine groups is 1. The first kappa shape index (κ1) is 17.5. The maximum Gasteiger partial charge on any atom is 0.305 e. The lowest BCUT2D eigenvalue weighted by Crippen LogP contribution is -2.49. The van der Waals surface area contributed by atoms with Crippen molar-refractivity contribution in [3.8, 4) is 5.75 Å². The zero-order valence-electron chi connectivity index (χ0n) is 14.5. The van der Waals surface area contributed by atoms with Gasteiger partial charge in [0.2, 0.25) is 0 Å². The first-order chi connectivity index (χ1) is 12.1. The molecule has 1 aliphatic rings. The summed E-state index contributed by atoms with van der Waals surface area (Å²) >= 11 is 5.22. The summed E-state index contributed by atoms with van der Waals surface area (Å²) in [5, 5.41) is 4.49. The second-order valence-electron chi connectivity index (χ2n) is 6.18. The van der Waals surface area contributed by atoms with E-state index < -0.39 is 0 Å². The minimum atomic E-state index is -0.359. The number of hydrogen-bond acceptors (Lipinski definition) is 4. The number of aryl methyl sites for hydroxylation is 1. The van der Waals surface area contributed by atoms with Crippen LogP contribution in [0.4, 0.5) is 0 Å². The Morgan fingerprint density at radius 3 is 2.80 bits per heavy atom. The SMILES string of the molecule is CCOc1ccc2oc(C(=O)NNC(=S)NC3CCCC3)c(C)c2c1. The van der Waals surface area contributed by atoms with E-state index in [1.807, 2.05) is 32.0 Å². The molecule has 0 spiro atoms. The number of furan rings is 1. The first-order valence-corrected chi connectivity index (χ1v) is 9.02. The van der Waals surface area contributed by atoms with Crippen LogP contribution in [-0.2, 0) is 0 Å². The van der Waals surface area contributed by atoms with Crippen molar-refractivity contribution in [1.29, 1.82) is 0 Å². The molecule has 3 N–H and O–H groups in total. The first-order valence-electron chi connectivity index (χ1n) is 8.61. The molecule has 0 aliphatic heterocycles. The predicted octanol–water partition coefficient (Wildman–Crippen LogP) is 3.19. The van der Waals surface area contributed by atoms with Gasteiger partial charge in [-0.15, -0.1) is 0 Å². The third-order valence-electron chi connectivity index (χ3n) is 4.40. The van der Waals surface area contributed by atoms with E-state index in [0.29, 0.717) is 23.3 Å². The molecule has 1 heterocycles. The van der Waals surface area contributed by atoms with Crippen molar-refractivity contribution >= 4 is 34.2 Å². The average Bonchev–Trinajstić information content (AvgIpc) is 3.21. The van der Waals surface area contributed by atoms with E-state index in [1.54, 1.807) is 0 Å². The minimum Gasteiger partial charge on any atom is -0.494 e. The van der Waals surface area contributed by atoms with Crippen molar-refractivity contribution in [3.05, 3.63) is 29.5 Å². The van der Waals surface area contributed by atoms with Crippen LogP contribution < -0.4 is 20.9 Å². The summed E-state index contributed by atoms with van der Waals surface area (Å²) in [6.07, 6.45) is 4.66. The normalized spacial score (nSPS) is 14.5. The lowest BCUT2D eigenvalue weighted by molar-refractivity contribution is 0.0917. The molecule has 0 saturated heterocycles. The van der Waals surface area contributed by atoms with Crippen molar-refractivity contribution in [1.82, 2.24) is 16.2 Å². The predicted molar refractivity (Wildman–Crippen MR) is 101 cm³/mol. The topological polar surface area (TPSA) is 75.5 Å². The van der Waals surface area contributed by atoms with Gasteiger partial charge < -0.3 is 14.5 Å². The Bertz CT molecular complexity index is 781. The van der Waals surface area contributed by atoms with Gasteiger partial charge in [-0.1, -0.05) is 12.8 Å². The Balaban J connectivity index is 1.65. The lowest BCUT2D eigenvalue weighted by atomic mass is 10.1. The second kappa shape index (κ2) is 7.74. The number of hydrogen-bond donors (Lipinski definition) is 3. The summed E-state index contributed by atoms with van der Waals surface area (Å²) in [4.78, 5) is 12.4. The molecule has 0 atom stereocenters. The Morgan fingerprint density at radius 1 is 1.32 bits per heavy atom. The molecule has 25 heavy (non-hydrogen) atoms. The molecule has 0 bridgehead atoms. The molecule has 1 saturated carbocycles. The largest absolute Gasteiger partial charge is 0.494 e. The van der Waals surface area contributed by atoms with Crippen LogP contribution in [-0.4, -0.2) is 23.7 Å². The highest BCUT2D eigenvalue weighted by Gasteiger charge is 2.19. The highest BCUT2D eigenvalue weighted by Crippen LogP contribution is 2.28. The zero-order valence-corrected chi connectivity index (χ0v) is 15.3. The van der Waals surface area contributed by atoms with Gasteiger partial charge in [-0.3, -0.25) is 15.6 Å². The summed E-state index contributed by atoms with van der Waals surface area (Å²) in [7, 11) is 0. The highest BCUT2D eigenvalue weighted by molar-refractivity contribution is 7.80. The van der Waals surface area contributed by atoms with E-state index in [4.69, 9.17) is 21.4 Å². The summed E-state index contributed by atoms with van der Waals surface area (Å²) in [6.45, 7) is 4.37. The van der Waals surface area contributed by atoms with Crippen LogP contribution in [0, 0.1) is 6.92 Å². The van der Waals surface area contributed by atoms with Crippen molar-refractivity contribution in [2.45, 2.75) is 45.6 Å². The standard InChI is InChI=1S/C18H23N3O3S/c1-3-23-13-8-9-15-14(10-13)11(2)16(24-15)17(22)20-21-18(25)19-12-6-4-5-7-12/h8-10,12H,3-7H2,1-2H3,(H,20,22)(H2,19,21,25). The van der Waals surface area contributed by atoms with Gasteiger partial charge in [0, 0.05) is 17.0 Å². The second-order valence-corrected chi connectivity index (χ2v) is 6.59. The monoisotopic (exact) mass is 361 g/mol. The number of carbonyl (C=O) groups excluding carboxylic acids is 1. The molecular weight excluding hydrogens is 338 g/mol. The molecule has 1 fully saturated rings. The Hall–Kier alpha value is -2.28. The third-order valence-corrected chi connectivity index (χ3v) is 4.62. The van der Waals surface area contributed by atoms with E-state index in [0.717, 1.165) is 29.5 Å². The quantitative estimate of drug-likeness (QED) is 0.574. The van der Waals surface area contributed by atoms with Gasteiger partial charge >= 0.3 is 5.91 Å². The fraction of sp³-hybridized carbons (Fsp3) is 0.444. The minimum absolute atomic E-state index is 0.264. The molecule has 134 valence electrons. The Kier molecular flexibility index (Phi) is 5.43. The number of amides is 1. The maximum atomic E-state index is 12.4. The molecule has 1 aliphatic carbocycles. The van der Waals surface area contributed by atoms with Crippen LogP contribution in [0.25, 0.3) is 11.0 Å². The van der Waals surface area contributed by atoms with E-state index in [-0.39, 0.29) is 11.7 Å².